The van der Waals surface area contributed by atoms with Crippen molar-refractivity contribution in [3.8, 4) is 5.88 Å². The van der Waals surface area contributed by atoms with Gasteiger partial charge in [0, 0.05) is 13.1 Å². The van der Waals surface area contributed by atoms with Gasteiger partial charge in [-0.3, -0.25) is 0 Å². The Morgan fingerprint density at radius 1 is 1.54 bits per heavy atom. The molecule has 0 saturated heterocycles. The molecule has 70 valence electrons. The number of aromatic nitrogens is 2. The molecule has 0 radical (unpaired) electrons. The molecule has 0 bridgehead atoms. The molecule has 0 aromatic carbocycles. The largest absolute Gasteiger partial charge is 0.473 e. The van der Waals surface area contributed by atoms with E-state index in [1.165, 1.54) is 6.33 Å². The minimum absolute atomic E-state index is 0.538. The molecule has 4 heteroatoms. The molecule has 1 N–H and O–H groups in total. The molecule has 0 aliphatic heterocycles. The third-order valence-corrected chi connectivity index (χ3v) is 1.46. The van der Waals surface area contributed by atoms with Crippen molar-refractivity contribution in [3.63, 3.8) is 0 Å². The van der Waals surface area contributed by atoms with E-state index in [9.17, 15) is 0 Å². The molecule has 1 rings (SSSR count). The quantitative estimate of drug-likeness (QED) is 0.711. The highest BCUT2D eigenvalue weighted by atomic mass is 16.5. The zero-order valence-electron chi connectivity index (χ0n) is 7.82. The van der Waals surface area contributed by atoms with Crippen molar-refractivity contribution < 1.29 is 4.74 Å². The second-order valence-electron chi connectivity index (χ2n) is 2.37. The number of hydrogen-bond donors (Lipinski definition) is 1. The summed E-state index contributed by atoms with van der Waals surface area (Å²) in [5.41, 5.74) is 0. The molecule has 0 amide bonds. The highest BCUT2D eigenvalue weighted by Crippen LogP contribution is 2.09. The van der Waals surface area contributed by atoms with Crippen LogP contribution in [-0.2, 0) is 0 Å². The topological polar surface area (TPSA) is 47.0 Å². The number of rotatable bonds is 4. The van der Waals surface area contributed by atoms with Crippen LogP contribution in [0.4, 0.5) is 5.82 Å². The number of nitrogens with one attached hydrogen (secondary N) is 1. The van der Waals surface area contributed by atoms with Crippen molar-refractivity contribution in [2.75, 3.05) is 19.0 Å². The number of ether oxygens (including phenoxy) is 1. The maximum Gasteiger partial charge on any atom is 0.218 e. The van der Waals surface area contributed by atoms with Gasteiger partial charge in [0.15, 0.2) is 0 Å². The number of hydrogen-bond acceptors (Lipinski definition) is 4. The Labute approximate surface area is 77.7 Å². The predicted octanol–water partition coefficient (Wildman–Crippen LogP) is 1.47. The third-order valence-electron chi connectivity index (χ3n) is 1.46. The zero-order valence-corrected chi connectivity index (χ0v) is 7.82. The van der Waals surface area contributed by atoms with Crippen LogP contribution < -0.4 is 10.1 Å². The smallest absolute Gasteiger partial charge is 0.218 e. The van der Waals surface area contributed by atoms with Gasteiger partial charge in [0.05, 0.1) is 0 Å². The van der Waals surface area contributed by atoms with Crippen LogP contribution in [0.25, 0.3) is 0 Å². The normalized spacial score (nSPS) is 10.3. The molecule has 1 heterocycles. The fourth-order valence-corrected chi connectivity index (χ4v) is 0.785. The standard InChI is InChI=1S/C9H13N3O/c1-3-4-5-13-9-6-8(10-2)11-7-12-9/h3-4,6-7H,5H2,1-2H3,(H,10,11,12)/b4-3+. The maximum absolute atomic E-state index is 5.31. The van der Waals surface area contributed by atoms with Gasteiger partial charge in [-0.2, -0.15) is 0 Å². The van der Waals surface area contributed by atoms with E-state index >= 15 is 0 Å². The van der Waals surface area contributed by atoms with Crippen LogP contribution in [0.15, 0.2) is 24.5 Å². The summed E-state index contributed by atoms with van der Waals surface area (Å²) < 4.78 is 5.31. The Morgan fingerprint density at radius 3 is 3.08 bits per heavy atom. The molecule has 0 aliphatic carbocycles. The molecule has 13 heavy (non-hydrogen) atoms. The maximum atomic E-state index is 5.31. The molecule has 1 aromatic heterocycles. The summed E-state index contributed by atoms with van der Waals surface area (Å²) in [6.45, 7) is 2.49. The van der Waals surface area contributed by atoms with E-state index in [1.54, 1.807) is 13.1 Å². The summed E-state index contributed by atoms with van der Waals surface area (Å²) in [6.07, 6.45) is 5.32. The van der Waals surface area contributed by atoms with Gasteiger partial charge in [-0.05, 0) is 6.92 Å². The predicted molar refractivity (Wildman–Crippen MR) is 51.9 cm³/mol. The van der Waals surface area contributed by atoms with Gasteiger partial charge < -0.3 is 10.1 Å². The van der Waals surface area contributed by atoms with E-state index in [4.69, 9.17) is 4.74 Å². The van der Waals surface area contributed by atoms with Crippen molar-refractivity contribution in [1.29, 1.82) is 0 Å². The molecule has 4 nitrogen and oxygen atoms in total. The Bertz CT molecular complexity index is 286. The molecule has 1 aromatic rings. The van der Waals surface area contributed by atoms with Crippen LogP contribution in [0.2, 0.25) is 0 Å². The Kier molecular flexibility index (Phi) is 3.75. The molecule has 0 atom stereocenters. The summed E-state index contributed by atoms with van der Waals surface area (Å²) in [5.74, 6) is 1.34. The molecule has 0 spiro atoms. The number of nitrogens with zero attached hydrogens (tertiary/aromatic N) is 2. The van der Waals surface area contributed by atoms with Gasteiger partial charge in [-0.15, -0.1) is 0 Å². The van der Waals surface area contributed by atoms with E-state index in [0.29, 0.717) is 12.5 Å². The minimum Gasteiger partial charge on any atom is -0.473 e. The van der Waals surface area contributed by atoms with Crippen LogP contribution in [0.5, 0.6) is 5.88 Å². The SMILES string of the molecule is C/C=C/COc1cc(NC)ncn1. The van der Waals surface area contributed by atoms with Crippen molar-refractivity contribution in [1.82, 2.24) is 9.97 Å². The second kappa shape index (κ2) is 5.13. The van der Waals surface area contributed by atoms with E-state index in [-0.39, 0.29) is 0 Å². The Balaban J connectivity index is 2.56. The van der Waals surface area contributed by atoms with Crippen molar-refractivity contribution in [2.24, 2.45) is 0 Å². The fraction of sp³-hybridized carbons (Fsp3) is 0.333. The summed E-state index contributed by atoms with van der Waals surface area (Å²) in [6, 6.07) is 1.75. The van der Waals surface area contributed by atoms with Crippen molar-refractivity contribution in [2.45, 2.75) is 6.92 Å². The molecule has 0 saturated carbocycles. The monoisotopic (exact) mass is 179 g/mol. The average Bonchev–Trinajstić information content (AvgIpc) is 2.19. The highest BCUT2D eigenvalue weighted by molar-refractivity contribution is 5.35. The zero-order chi connectivity index (χ0) is 9.52. The van der Waals surface area contributed by atoms with Gasteiger partial charge >= 0.3 is 0 Å². The Hall–Kier alpha value is -1.58. The van der Waals surface area contributed by atoms with Gasteiger partial charge in [-0.1, -0.05) is 12.2 Å². The van der Waals surface area contributed by atoms with Gasteiger partial charge in [0.2, 0.25) is 5.88 Å². The van der Waals surface area contributed by atoms with Crippen LogP contribution in [0, 0.1) is 0 Å². The average molecular weight is 179 g/mol. The summed E-state index contributed by atoms with van der Waals surface area (Å²) in [7, 11) is 1.80. The van der Waals surface area contributed by atoms with E-state index in [1.807, 2.05) is 19.1 Å². The third kappa shape index (κ3) is 3.11. The van der Waals surface area contributed by atoms with Gasteiger partial charge in [-0.25, -0.2) is 9.97 Å². The van der Waals surface area contributed by atoms with Crippen LogP contribution in [-0.4, -0.2) is 23.6 Å². The first-order chi connectivity index (χ1) is 6.36. The molecule has 0 fully saturated rings. The molecule has 0 aliphatic rings. The summed E-state index contributed by atoms with van der Waals surface area (Å²) in [4.78, 5) is 7.92. The molecule has 0 unspecified atom stereocenters. The van der Waals surface area contributed by atoms with E-state index in [2.05, 4.69) is 15.3 Å². The number of allylic oxidation sites excluding steroid dienone is 1. The first kappa shape index (κ1) is 9.51. The van der Waals surface area contributed by atoms with Gasteiger partial charge in [0.1, 0.15) is 18.8 Å². The number of anilines is 1. The lowest BCUT2D eigenvalue weighted by Gasteiger charge is -2.02. The molecular formula is C9H13N3O. The van der Waals surface area contributed by atoms with Crippen LogP contribution in [0.3, 0.4) is 0 Å². The van der Waals surface area contributed by atoms with Crippen molar-refractivity contribution in [3.05, 3.63) is 24.5 Å². The first-order valence-corrected chi connectivity index (χ1v) is 4.10. The summed E-state index contributed by atoms with van der Waals surface area (Å²) >= 11 is 0. The van der Waals surface area contributed by atoms with E-state index < -0.39 is 0 Å². The van der Waals surface area contributed by atoms with Crippen molar-refractivity contribution >= 4 is 5.82 Å². The van der Waals surface area contributed by atoms with Crippen LogP contribution in [0.1, 0.15) is 6.92 Å². The van der Waals surface area contributed by atoms with E-state index in [0.717, 1.165) is 5.82 Å². The molecular weight excluding hydrogens is 166 g/mol. The lowest BCUT2D eigenvalue weighted by molar-refractivity contribution is 0.347. The fourth-order valence-electron chi connectivity index (χ4n) is 0.785. The van der Waals surface area contributed by atoms with Crippen LogP contribution >= 0.6 is 0 Å². The highest BCUT2D eigenvalue weighted by Gasteiger charge is 1.95. The lowest BCUT2D eigenvalue weighted by atomic mass is 10.5. The van der Waals surface area contributed by atoms with Gasteiger partial charge in [0.25, 0.3) is 0 Å². The Morgan fingerprint density at radius 2 is 2.38 bits per heavy atom. The second-order valence-corrected chi connectivity index (χ2v) is 2.37. The summed E-state index contributed by atoms with van der Waals surface area (Å²) in [5, 5.41) is 2.91. The first-order valence-electron chi connectivity index (χ1n) is 4.10. The lowest BCUT2D eigenvalue weighted by Crippen LogP contribution is -1.98. The minimum atomic E-state index is 0.538.